The number of aryl methyl sites for hydroxylation is 1. The molecule has 0 unspecified atom stereocenters. The van der Waals surface area contributed by atoms with Gasteiger partial charge in [0.2, 0.25) is 0 Å². The minimum absolute atomic E-state index is 0.141. The van der Waals surface area contributed by atoms with Crippen LogP contribution in [0.4, 0.5) is 10.1 Å². The van der Waals surface area contributed by atoms with E-state index >= 15 is 0 Å². The molecule has 0 radical (unpaired) electrons. The van der Waals surface area contributed by atoms with Gasteiger partial charge < -0.3 is 15.2 Å². The number of halogens is 1. The summed E-state index contributed by atoms with van der Waals surface area (Å²) in [7, 11) is 0. The molecule has 1 heterocycles. The standard InChI is InChI=1S/C15H20FN3O2/c1-3-5-19-10-11(9-18-19)21-15-8-14(20-6-4-2)12(16)7-13(15)17/h7-10H,3-6,17H2,1-2H3. The maximum atomic E-state index is 13.7. The second-order valence-electron chi connectivity index (χ2n) is 4.71. The van der Waals surface area contributed by atoms with Crippen molar-refractivity contribution in [1.82, 2.24) is 9.78 Å². The Morgan fingerprint density at radius 1 is 1.24 bits per heavy atom. The number of benzene rings is 1. The Morgan fingerprint density at radius 3 is 2.76 bits per heavy atom. The highest BCUT2D eigenvalue weighted by Gasteiger charge is 2.12. The summed E-state index contributed by atoms with van der Waals surface area (Å²) in [5, 5.41) is 4.17. The monoisotopic (exact) mass is 293 g/mol. The van der Waals surface area contributed by atoms with Crippen LogP contribution < -0.4 is 15.2 Å². The highest BCUT2D eigenvalue weighted by Crippen LogP contribution is 2.33. The largest absolute Gasteiger partial charge is 0.490 e. The molecule has 114 valence electrons. The molecular weight excluding hydrogens is 273 g/mol. The van der Waals surface area contributed by atoms with Gasteiger partial charge in [0.25, 0.3) is 0 Å². The van der Waals surface area contributed by atoms with Gasteiger partial charge in [-0.05, 0) is 12.8 Å². The highest BCUT2D eigenvalue weighted by atomic mass is 19.1. The van der Waals surface area contributed by atoms with Crippen molar-refractivity contribution in [3.05, 3.63) is 30.3 Å². The predicted molar refractivity (Wildman–Crippen MR) is 79.2 cm³/mol. The number of nitrogens with zero attached hydrogens (tertiary/aromatic N) is 2. The quantitative estimate of drug-likeness (QED) is 0.792. The summed E-state index contributed by atoms with van der Waals surface area (Å²) in [5.74, 6) is 0.568. The summed E-state index contributed by atoms with van der Waals surface area (Å²) in [4.78, 5) is 0. The molecule has 2 rings (SSSR count). The Labute approximate surface area is 123 Å². The van der Waals surface area contributed by atoms with Crippen molar-refractivity contribution >= 4 is 5.69 Å². The van der Waals surface area contributed by atoms with Gasteiger partial charge in [-0.3, -0.25) is 4.68 Å². The fourth-order valence-corrected chi connectivity index (χ4v) is 1.84. The number of nitrogens with two attached hydrogens (primary N) is 1. The van der Waals surface area contributed by atoms with E-state index in [1.54, 1.807) is 17.1 Å². The molecule has 0 atom stereocenters. The average Bonchev–Trinajstić information content (AvgIpc) is 2.88. The SMILES string of the molecule is CCCOc1cc(Oc2cnn(CCC)c2)c(N)cc1F. The van der Waals surface area contributed by atoms with Crippen LogP contribution in [-0.4, -0.2) is 16.4 Å². The lowest BCUT2D eigenvalue weighted by Crippen LogP contribution is -2.00. The number of rotatable bonds is 7. The van der Waals surface area contributed by atoms with Crippen molar-refractivity contribution in [3.63, 3.8) is 0 Å². The molecule has 0 fully saturated rings. The molecule has 0 saturated heterocycles. The predicted octanol–water partition coefficient (Wildman–Crippen LogP) is 3.60. The van der Waals surface area contributed by atoms with Crippen molar-refractivity contribution < 1.29 is 13.9 Å². The maximum Gasteiger partial charge on any atom is 0.167 e. The zero-order chi connectivity index (χ0) is 15.2. The molecule has 0 aliphatic carbocycles. The molecule has 1 aromatic heterocycles. The Hall–Kier alpha value is -2.24. The van der Waals surface area contributed by atoms with E-state index in [0.717, 1.165) is 19.4 Å². The molecule has 2 N–H and O–H groups in total. The molecule has 5 nitrogen and oxygen atoms in total. The van der Waals surface area contributed by atoms with E-state index in [9.17, 15) is 4.39 Å². The van der Waals surface area contributed by atoms with Crippen molar-refractivity contribution in [2.24, 2.45) is 0 Å². The number of ether oxygens (including phenoxy) is 2. The van der Waals surface area contributed by atoms with E-state index in [-0.39, 0.29) is 11.4 Å². The number of nitrogen functional groups attached to an aromatic ring is 1. The second kappa shape index (κ2) is 6.97. The molecule has 0 aliphatic rings. The van der Waals surface area contributed by atoms with E-state index in [1.165, 1.54) is 12.1 Å². The molecule has 0 amide bonds. The van der Waals surface area contributed by atoms with Crippen LogP contribution in [0, 0.1) is 5.82 Å². The lowest BCUT2D eigenvalue weighted by Gasteiger charge is -2.11. The van der Waals surface area contributed by atoms with Gasteiger partial charge >= 0.3 is 0 Å². The summed E-state index contributed by atoms with van der Waals surface area (Å²) < 4.78 is 26.5. The van der Waals surface area contributed by atoms with Crippen LogP contribution in [0.15, 0.2) is 24.5 Å². The molecular formula is C15H20FN3O2. The van der Waals surface area contributed by atoms with Crippen molar-refractivity contribution in [1.29, 1.82) is 0 Å². The first kappa shape index (κ1) is 15.2. The third-order valence-electron chi connectivity index (χ3n) is 2.82. The first-order chi connectivity index (χ1) is 10.1. The fraction of sp³-hybridized carbons (Fsp3) is 0.400. The van der Waals surface area contributed by atoms with Gasteiger partial charge in [0.05, 0.1) is 24.7 Å². The zero-order valence-electron chi connectivity index (χ0n) is 12.3. The van der Waals surface area contributed by atoms with Crippen LogP contribution in [-0.2, 0) is 6.54 Å². The van der Waals surface area contributed by atoms with Crippen molar-refractivity contribution in [3.8, 4) is 17.2 Å². The molecule has 1 aromatic carbocycles. The van der Waals surface area contributed by atoms with E-state index in [4.69, 9.17) is 15.2 Å². The maximum absolute atomic E-state index is 13.7. The van der Waals surface area contributed by atoms with E-state index < -0.39 is 5.82 Å². The van der Waals surface area contributed by atoms with Gasteiger partial charge in [-0.1, -0.05) is 13.8 Å². The fourth-order valence-electron chi connectivity index (χ4n) is 1.84. The third kappa shape index (κ3) is 3.87. The van der Waals surface area contributed by atoms with Crippen LogP contribution in [0.2, 0.25) is 0 Å². The number of aromatic nitrogens is 2. The van der Waals surface area contributed by atoms with Gasteiger partial charge in [0, 0.05) is 18.7 Å². The van der Waals surface area contributed by atoms with E-state index in [1.807, 2.05) is 6.92 Å². The lowest BCUT2D eigenvalue weighted by atomic mass is 10.2. The molecule has 0 spiro atoms. The Morgan fingerprint density at radius 2 is 2.05 bits per heavy atom. The van der Waals surface area contributed by atoms with Gasteiger partial charge in [-0.15, -0.1) is 0 Å². The van der Waals surface area contributed by atoms with Crippen molar-refractivity contribution in [2.45, 2.75) is 33.2 Å². The molecule has 21 heavy (non-hydrogen) atoms. The van der Waals surface area contributed by atoms with Crippen molar-refractivity contribution in [2.75, 3.05) is 12.3 Å². The Balaban J connectivity index is 2.17. The number of hydrogen-bond acceptors (Lipinski definition) is 4. The Bertz CT molecular complexity index is 599. The summed E-state index contributed by atoms with van der Waals surface area (Å²) in [6, 6.07) is 2.67. The summed E-state index contributed by atoms with van der Waals surface area (Å²) in [6.45, 7) is 5.27. The van der Waals surface area contributed by atoms with Gasteiger partial charge in [0.1, 0.15) is 0 Å². The summed E-state index contributed by atoms with van der Waals surface area (Å²) >= 11 is 0. The summed E-state index contributed by atoms with van der Waals surface area (Å²) in [6.07, 6.45) is 5.16. The first-order valence-electron chi connectivity index (χ1n) is 7.06. The second-order valence-corrected chi connectivity index (χ2v) is 4.71. The van der Waals surface area contributed by atoms with Gasteiger partial charge in [0.15, 0.2) is 23.1 Å². The summed E-state index contributed by atoms with van der Waals surface area (Å²) in [5.41, 5.74) is 6.01. The molecule has 2 aromatic rings. The average molecular weight is 293 g/mol. The number of anilines is 1. The molecule has 0 bridgehead atoms. The number of hydrogen-bond donors (Lipinski definition) is 1. The first-order valence-corrected chi connectivity index (χ1v) is 7.06. The molecule has 0 aliphatic heterocycles. The zero-order valence-corrected chi connectivity index (χ0v) is 12.3. The van der Waals surface area contributed by atoms with Crippen LogP contribution in [0.5, 0.6) is 17.2 Å². The topological polar surface area (TPSA) is 62.3 Å². The third-order valence-corrected chi connectivity index (χ3v) is 2.82. The minimum atomic E-state index is -0.491. The van der Waals surface area contributed by atoms with Gasteiger partial charge in [-0.2, -0.15) is 5.10 Å². The minimum Gasteiger partial charge on any atom is -0.490 e. The van der Waals surface area contributed by atoms with Crippen LogP contribution >= 0.6 is 0 Å². The lowest BCUT2D eigenvalue weighted by molar-refractivity contribution is 0.299. The molecule has 6 heteroatoms. The highest BCUT2D eigenvalue weighted by molar-refractivity contribution is 5.57. The van der Waals surface area contributed by atoms with Crippen LogP contribution in [0.3, 0.4) is 0 Å². The van der Waals surface area contributed by atoms with Gasteiger partial charge in [-0.25, -0.2) is 4.39 Å². The Kier molecular flexibility index (Phi) is 5.03. The van der Waals surface area contributed by atoms with E-state index in [0.29, 0.717) is 18.1 Å². The van der Waals surface area contributed by atoms with E-state index in [2.05, 4.69) is 12.0 Å². The molecule has 0 saturated carbocycles. The smallest absolute Gasteiger partial charge is 0.167 e. The van der Waals surface area contributed by atoms with Crippen LogP contribution in [0.1, 0.15) is 26.7 Å². The normalized spacial score (nSPS) is 10.6. The van der Waals surface area contributed by atoms with Crippen LogP contribution in [0.25, 0.3) is 0 Å².